The number of benzene rings is 2. The van der Waals surface area contributed by atoms with E-state index < -0.39 is 54.1 Å². The largest absolute Gasteiger partial charge is 0.481 e. The number of carbonyl (C=O) groups excluding carboxylic acids is 2. The Morgan fingerprint density at radius 3 is 2.63 bits per heavy atom. The highest BCUT2D eigenvalue weighted by atomic mass is 35.5. The van der Waals surface area contributed by atoms with Crippen LogP contribution in [-0.4, -0.2) is 46.8 Å². The monoisotopic (exact) mass is 507 g/mol. The van der Waals surface area contributed by atoms with Crippen molar-refractivity contribution in [1.82, 2.24) is 9.88 Å². The van der Waals surface area contributed by atoms with Gasteiger partial charge in [0.05, 0.1) is 22.9 Å². The lowest BCUT2D eigenvalue weighted by Gasteiger charge is -2.37. The summed E-state index contributed by atoms with van der Waals surface area (Å²) in [6.45, 7) is 0.316. The highest BCUT2D eigenvalue weighted by Gasteiger charge is 2.44. The molecule has 7 nitrogen and oxygen atoms in total. The molecule has 0 spiro atoms. The number of fused-ring (bicyclic) bond motifs is 1. The fourth-order valence-corrected chi connectivity index (χ4v) is 4.48. The number of piperidine rings is 1. The molecule has 2 amide bonds. The van der Waals surface area contributed by atoms with Gasteiger partial charge in [-0.3, -0.25) is 14.4 Å². The number of primary amides is 1. The molecule has 2 atom stereocenters. The fourth-order valence-electron chi connectivity index (χ4n) is 4.21. The van der Waals surface area contributed by atoms with Gasteiger partial charge < -0.3 is 20.4 Å². The van der Waals surface area contributed by atoms with Gasteiger partial charge in [0.1, 0.15) is 11.6 Å². The maximum Gasteiger partial charge on any atom is 0.266 e. The maximum atomic E-state index is 14.1. The number of halogens is 4. The second-order valence-electron chi connectivity index (χ2n) is 8.50. The number of aromatic amines is 1. The Morgan fingerprint density at radius 1 is 1.20 bits per heavy atom. The van der Waals surface area contributed by atoms with Crippen LogP contribution >= 0.6 is 11.6 Å². The highest BCUT2D eigenvalue weighted by Crippen LogP contribution is 2.34. The normalized spacial score (nSPS) is 18.3. The van der Waals surface area contributed by atoms with Crippen molar-refractivity contribution in [1.29, 1.82) is 0 Å². The van der Waals surface area contributed by atoms with Crippen LogP contribution < -0.4 is 16.0 Å². The molecule has 0 radical (unpaired) electrons. The molecule has 1 saturated heterocycles. The van der Waals surface area contributed by atoms with Gasteiger partial charge in [0.2, 0.25) is 5.91 Å². The number of ether oxygens (including phenoxy) is 1. The Balaban J connectivity index is 1.60. The number of nitrogens with one attached hydrogen (secondary N) is 1. The smallest absolute Gasteiger partial charge is 0.266 e. The van der Waals surface area contributed by atoms with Gasteiger partial charge in [0.15, 0.2) is 6.10 Å². The van der Waals surface area contributed by atoms with E-state index in [0.29, 0.717) is 16.5 Å². The van der Waals surface area contributed by atoms with Crippen molar-refractivity contribution in [3.05, 3.63) is 63.8 Å². The molecule has 184 valence electrons. The van der Waals surface area contributed by atoms with E-state index in [1.807, 2.05) is 0 Å². The molecule has 35 heavy (non-hydrogen) atoms. The van der Waals surface area contributed by atoms with Crippen LogP contribution in [0.2, 0.25) is 5.02 Å². The third kappa shape index (κ3) is 5.12. The van der Waals surface area contributed by atoms with Crippen LogP contribution in [0.4, 0.5) is 13.2 Å². The average molecular weight is 508 g/mol. The van der Waals surface area contributed by atoms with Gasteiger partial charge in [0, 0.05) is 30.3 Å². The minimum Gasteiger partial charge on any atom is -0.481 e. The standard InChI is InChI=1S/C24H21ClF3N3O4/c1-12(23(34)31-10-13(21(29)32)8-24(27,28)11-31)35-15-3-5-16-18(7-15)22(33)30-9-19(16)17-4-2-14(26)6-20(17)25/h2-7,9,12-13H,8,10-11H2,1H3,(H2,29,32)(H,30,33)/t12-,13?/m1/s1. The second kappa shape index (κ2) is 9.26. The Kier molecular flexibility index (Phi) is 6.50. The van der Waals surface area contributed by atoms with E-state index in [9.17, 15) is 27.6 Å². The lowest BCUT2D eigenvalue weighted by molar-refractivity contribution is -0.154. The summed E-state index contributed by atoms with van der Waals surface area (Å²) in [4.78, 5) is 40.2. The second-order valence-corrected chi connectivity index (χ2v) is 8.91. The molecule has 11 heteroatoms. The molecule has 3 N–H and O–H groups in total. The van der Waals surface area contributed by atoms with Crippen LogP contribution in [0.1, 0.15) is 13.3 Å². The lowest BCUT2D eigenvalue weighted by atomic mass is 9.94. The van der Waals surface area contributed by atoms with Crippen molar-refractivity contribution in [2.45, 2.75) is 25.4 Å². The molecular formula is C24H21ClF3N3O4. The molecule has 1 aliphatic rings. The number of rotatable bonds is 5. The molecule has 3 aromatic rings. The van der Waals surface area contributed by atoms with Crippen molar-refractivity contribution in [2.75, 3.05) is 13.1 Å². The number of aromatic nitrogens is 1. The van der Waals surface area contributed by atoms with Gasteiger partial charge in [-0.15, -0.1) is 0 Å². The van der Waals surface area contributed by atoms with Crippen LogP contribution in [0.25, 0.3) is 21.9 Å². The van der Waals surface area contributed by atoms with E-state index >= 15 is 0 Å². The van der Waals surface area contributed by atoms with Crippen molar-refractivity contribution in [2.24, 2.45) is 11.7 Å². The zero-order chi connectivity index (χ0) is 25.5. The Morgan fingerprint density at radius 2 is 1.94 bits per heavy atom. The molecule has 0 saturated carbocycles. The molecule has 2 aromatic carbocycles. The first-order valence-electron chi connectivity index (χ1n) is 10.7. The predicted octanol–water partition coefficient (Wildman–Crippen LogP) is 3.72. The number of H-pyrrole nitrogens is 1. The number of likely N-dealkylation sites (tertiary alicyclic amines) is 1. The Hall–Kier alpha value is -3.53. The summed E-state index contributed by atoms with van der Waals surface area (Å²) in [5.74, 6) is -6.40. The fraction of sp³-hybridized carbons (Fsp3) is 0.292. The lowest BCUT2D eigenvalue weighted by Crippen LogP contribution is -2.55. The van der Waals surface area contributed by atoms with Crippen molar-refractivity contribution < 1.29 is 27.5 Å². The van der Waals surface area contributed by atoms with E-state index in [1.54, 1.807) is 6.07 Å². The van der Waals surface area contributed by atoms with Gasteiger partial charge in [0.25, 0.3) is 17.4 Å². The molecule has 1 unspecified atom stereocenters. The maximum absolute atomic E-state index is 14.1. The summed E-state index contributed by atoms with van der Waals surface area (Å²) in [6, 6.07) is 8.41. The van der Waals surface area contributed by atoms with E-state index in [2.05, 4.69) is 4.98 Å². The van der Waals surface area contributed by atoms with Crippen LogP contribution in [0.3, 0.4) is 0 Å². The SMILES string of the molecule is C[C@@H](Oc1ccc2c(-c3ccc(F)cc3Cl)c[nH]c(=O)c2c1)C(=O)N1CC(C(N)=O)CC(F)(F)C1. The molecule has 1 fully saturated rings. The van der Waals surface area contributed by atoms with E-state index in [1.165, 1.54) is 37.4 Å². The average Bonchev–Trinajstić information content (AvgIpc) is 2.78. The quantitative estimate of drug-likeness (QED) is 0.549. The van der Waals surface area contributed by atoms with E-state index in [4.69, 9.17) is 22.1 Å². The third-order valence-corrected chi connectivity index (χ3v) is 6.19. The summed E-state index contributed by atoms with van der Waals surface area (Å²) < 4.78 is 47.2. The predicted molar refractivity (Wildman–Crippen MR) is 124 cm³/mol. The summed E-state index contributed by atoms with van der Waals surface area (Å²) in [5, 5.41) is 0.886. The molecule has 2 heterocycles. The molecule has 4 rings (SSSR count). The van der Waals surface area contributed by atoms with Crippen LogP contribution in [0, 0.1) is 11.7 Å². The minimum absolute atomic E-state index is 0.154. The molecule has 1 aromatic heterocycles. The van der Waals surface area contributed by atoms with Crippen LogP contribution in [-0.2, 0) is 9.59 Å². The van der Waals surface area contributed by atoms with Gasteiger partial charge in [-0.25, -0.2) is 13.2 Å². The van der Waals surface area contributed by atoms with Gasteiger partial charge in [-0.2, -0.15) is 0 Å². The summed E-state index contributed by atoms with van der Waals surface area (Å²) >= 11 is 6.18. The van der Waals surface area contributed by atoms with Crippen molar-refractivity contribution in [3.63, 3.8) is 0 Å². The highest BCUT2D eigenvalue weighted by molar-refractivity contribution is 6.33. The number of amides is 2. The number of hydrogen-bond acceptors (Lipinski definition) is 4. The van der Waals surface area contributed by atoms with E-state index in [-0.39, 0.29) is 22.7 Å². The number of nitrogens with two attached hydrogens (primary N) is 1. The van der Waals surface area contributed by atoms with Crippen LogP contribution in [0.5, 0.6) is 5.75 Å². The summed E-state index contributed by atoms with van der Waals surface area (Å²) in [6.07, 6.45) is -0.430. The number of carbonyl (C=O) groups is 2. The number of alkyl halides is 2. The first kappa shape index (κ1) is 24.6. The topological polar surface area (TPSA) is 105 Å². The molecule has 1 aliphatic heterocycles. The number of nitrogens with zero attached hydrogens (tertiary/aromatic N) is 1. The van der Waals surface area contributed by atoms with Crippen molar-refractivity contribution in [3.8, 4) is 16.9 Å². The third-order valence-electron chi connectivity index (χ3n) is 5.88. The van der Waals surface area contributed by atoms with Gasteiger partial charge in [-0.1, -0.05) is 11.6 Å². The van der Waals surface area contributed by atoms with Gasteiger partial charge >= 0.3 is 0 Å². The number of pyridine rings is 1. The Bertz CT molecular complexity index is 1380. The Labute approximate surface area is 202 Å². The zero-order valence-corrected chi connectivity index (χ0v) is 19.2. The first-order valence-corrected chi connectivity index (χ1v) is 11.1. The molecule has 0 aliphatic carbocycles. The first-order chi connectivity index (χ1) is 16.4. The zero-order valence-electron chi connectivity index (χ0n) is 18.5. The van der Waals surface area contributed by atoms with Gasteiger partial charge in [-0.05, 0) is 48.7 Å². The summed E-state index contributed by atoms with van der Waals surface area (Å²) in [5.41, 5.74) is 5.80. The van der Waals surface area contributed by atoms with Crippen LogP contribution in [0.15, 0.2) is 47.4 Å². The van der Waals surface area contributed by atoms with Crippen molar-refractivity contribution >= 4 is 34.2 Å². The summed E-state index contributed by atoms with van der Waals surface area (Å²) in [7, 11) is 0. The number of hydrogen-bond donors (Lipinski definition) is 2. The van der Waals surface area contributed by atoms with E-state index in [0.717, 1.165) is 11.0 Å². The molecule has 0 bridgehead atoms. The minimum atomic E-state index is -3.25. The molecular weight excluding hydrogens is 487 g/mol.